The number of alkyl halides is 3. The van der Waals surface area contributed by atoms with E-state index in [9.17, 15) is 18.0 Å². The molecule has 0 saturated carbocycles. The molecule has 0 unspecified atom stereocenters. The Balaban J connectivity index is 1.86. The molecule has 160 valence electrons. The van der Waals surface area contributed by atoms with Crippen LogP contribution < -0.4 is 14.8 Å². The Labute approximate surface area is 173 Å². The molecule has 1 saturated heterocycles. The number of nitrogens with one attached hydrogen (secondary N) is 1. The fourth-order valence-corrected chi connectivity index (χ4v) is 4.53. The Morgan fingerprint density at radius 1 is 1.20 bits per heavy atom. The van der Waals surface area contributed by atoms with Gasteiger partial charge in [0.2, 0.25) is 0 Å². The molecule has 4 nitrogen and oxygen atoms in total. The van der Waals surface area contributed by atoms with Crippen molar-refractivity contribution in [3.05, 3.63) is 58.1 Å². The van der Waals surface area contributed by atoms with E-state index >= 15 is 0 Å². The van der Waals surface area contributed by atoms with Crippen molar-refractivity contribution >= 4 is 5.97 Å². The smallest absolute Gasteiger partial charge is 0.416 e. The summed E-state index contributed by atoms with van der Waals surface area (Å²) in [5.41, 5.74) is -0.234. The van der Waals surface area contributed by atoms with Crippen molar-refractivity contribution in [1.29, 1.82) is 0 Å². The minimum Gasteiger partial charge on any atom is -0.492 e. The van der Waals surface area contributed by atoms with Crippen LogP contribution in [-0.4, -0.2) is 19.1 Å². The first-order valence-corrected chi connectivity index (χ1v) is 10.3. The molecule has 0 bridgehead atoms. The highest BCUT2D eigenvalue weighted by Gasteiger charge is 2.52. The zero-order chi connectivity index (χ0) is 21.5. The van der Waals surface area contributed by atoms with Crippen LogP contribution in [0.15, 0.2) is 30.3 Å². The van der Waals surface area contributed by atoms with Crippen LogP contribution in [0.5, 0.6) is 11.5 Å². The van der Waals surface area contributed by atoms with Crippen molar-refractivity contribution in [2.45, 2.75) is 51.2 Å². The maximum absolute atomic E-state index is 14.1. The van der Waals surface area contributed by atoms with Gasteiger partial charge in [-0.1, -0.05) is 31.5 Å². The summed E-state index contributed by atoms with van der Waals surface area (Å²) in [6.07, 6.45) is -2.31. The number of hydrogen-bond acceptors (Lipinski definition) is 4. The number of rotatable bonds is 6. The van der Waals surface area contributed by atoms with Gasteiger partial charge in [-0.25, -0.2) is 4.79 Å². The minimum atomic E-state index is -4.56. The number of halogens is 3. The van der Waals surface area contributed by atoms with Gasteiger partial charge >= 0.3 is 12.1 Å². The molecule has 0 aromatic heterocycles. The molecule has 2 aromatic rings. The Morgan fingerprint density at radius 3 is 2.60 bits per heavy atom. The predicted molar refractivity (Wildman–Crippen MR) is 106 cm³/mol. The van der Waals surface area contributed by atoms with Crippen molar-refractivity contribution in [3.63, 3.8) is 0 Å². The third kappa shape index (κ3) is 3.45. The molecule has 2 aliphatic rings. The van der Waals surface area contributed by atoms with Gasteiger partial charge in [0.25, 0.3) is 0 Å². The second-order valence-corrected chi connectivity index (χ2v) is 7.76. The van der Waals surface area contributed by atoms with Crippen LogP contribution in [0.2, 0.25) is 0 Å². The van der Waals surface area contributed by atoms with Gasteiger partial charge in [-0.15, -0.1) is 0 Å². The van der Waals surface area contributed by atoms with E-state index in [4.69, 9.17) is 9.47 Å². The maximum atomic E-state index is 14.1. The van der Waals surface area contributed by atoms with Gasteiger partial charge in [-0.2, -0.15) is 13.2 Å². The topological polar surface area (TPSA) is 47.6 Å². The standard InChI is InChI=1S/C23H24F3NO3/c1-3-4-12-29-21-16(22(28)30-14-8-6-5-7-9-14)13(2)19(23(24,25)26)17-15-10-11-27-20(15)18(17)21/h5-9,15,20,27H,3-4,10-12H2,1-2H3/t15-,20-/m1/s1. The first-order valence-electron chi connectivity index (χ1n) is 10.3. The number of unbranched alkanes of at least 4 members (excludes halogenated alkanes) is 1. The number of benzene rings is 2. The second-order valence-electron chi connectivity index (χ2n) is 7.76. The monoisotopic (exact) mass is 419 g/mol. The van der Waals surface area contributed by atoms with Gasteiger partial charge in [0.15, 0.2) is 0 Å². The zero-order valence-corrected chi connectivity index (χ0v) is 16.9. The molecule has 1 fully saturated rings. The van der Waals surface area contributed by atoms with Crippen LogP contribution in [-0.2, 0) is 6.18 Å². The van der Waals surface area contributed by atoms with Crippen LogP contribution >= 0.6 is 0 Å². The second kappa shape index (κ2) is 7.95. The van der Waals surface area contributed by atoms with E-state index < -0.39 is 17.7 Å². The first-order chi connectivity index (χ1) is 14.3. The van der Waals surface area contributed by atoms with Crippen LogP contribution in [0.3, 0.4) is 0 Å². The Morgan fingerprint density at radius 2 is 1.93 bits per heavy atom. The quantitative estimate of drug-likeness (QED) is 0.379. The van der Waals surface area contributed by atoms with Gasteiger partial charge < -0.3 is 14.8 Å². The molecule has 7 heteroatoms. The summed E-state index contributed by atoms with van der Waals surface area (Å²) in [6, 6.07) is 8.11. The van der Waals surface area contributed by atoms with Crippen molar-refractivity contribution in [3.8, 4) is 11.5 Å². The van der Waals surface area contributed by atoms with Crippen molar-refractivity contribution in [2.75, 3.05) is 13.2 Å². The van der Waals surface area contributed by atoms with Crippen LogP contribution in [0.4, 0.5) is 13.2 Å². The number of hydrogen-bond donors (Lipinski definition) is 1. The fraction of sp³-hybridized carbons (Fsp3) is 0.435. The lowest BCUT2D eigenvalue weighted by Crippen LogP contribution is -2.34. The normalized spacial score (nSPS) is 19.6. The van der Waals surface area contributed by atoms with Crippen molar-refractivity contribution < 1.29 is 27.4 Å². The molecule has 1 N–H and O–H groups in total. The number of fused-ring (bicyclic) bond motifs is 4. The molecular weight excluding hydrogens is 395 g/mol. The SMILES string of the molecule is CCCCOc1c(C(=O)Oc2ccccc2)c(C)c(C(F)(F)F)c2c1[C@@H]1NCC[C@H]21. The molecule has 2 atom stereocenters. The third-order valence-electron chi connectivity index (χ3n) is 5.87. The number of para-hydroxylation sites is 1. The maximum Gasteiger partial charge on any atom is 0.416 e. The molecule has 1 aliphatic heterocycles. The summed E-state index contributed by atoms with van der Waals surface area (Å²) < 4.78 is 53.6. The average molecular weight is 419 g/mol. The van der Waals surface area contributed by atoms with Crippen molar-refractivity contribution in [2.24, 2.45) is 0 Å². The predicted octanol–water partition coefficient (Wildman–Crippen LogP) is 5.54. The largest absolute Gasteiger partial charge is 0.492 e. The summed E-state index contributed by atoms with van der Waals surface area (Å²) in [7, 11) is 0. The highest BCUT2D eigenvalue weighted by atomic mass is 19.4. The first kappa shape index (κ1) is 20.7. The lowest BCUT2D eigenvalue weighted by atomic mass is 9.68. The average Bonchev–Trinajstić information content (AvgIpc) is 3.09. The van der Waals surface area contributed by atoms with Gasteiger partial charge in [0.05, 0.1) is 12.2 Å². The molecule has 1 heterocycles. The molecular formula is C23H24F3NO3. The van der Waals surface area contributed by atoms with Gasteiger partial charge in [-0.3, -0.25) is 0 Å². The van der Waals surface area contributed by atoms with E-state index in [1.807, 2.05) is 6.92 Å². The Hall–Kier alpha value is -2.54. The molecule has 0 radical (unpaired) electrons. The number of carbonyl (C=O) groups is 1. The highest BCUT2D eigenvalue weighted by molar-refractivity contribution is 5.97. The van der Waals surface area contributed by atoms with E-state index in [0.29, 0.717) is 25.1 Å². The number of carbonyl (C=O) groups excluding carboxylic acids is 1. The molecule has 0 spiro atoms. The summed E-state index contributed by atoms with van der Waals surface area (Å²) in [5.74, 6) is -0.530. The summed E-state index contributed by atoms with van der Waals surface area (Å²) in [4.78, 5) is 13.1. The third-order valence-corrected chi connectivity index (χ3v) is 5.87. The van der Waals surface area contributed by atoms with E-state index in [1.165, 1.54) is 6.92 Å². The van der Waals surface area contributed by atoms with Gasteiger partial charge in [-0.05, 0) is 49.6 Å². The summed E-state index contributed by atoms with van der Waals surface area (Å²) >= 11 is 0. The van der Waals surface area contributed by atoms with Crippen LogP contribution in [0.25, 0.3) is 0 Å². The zero-order valence-electron chi connectivity index (χ0n) is 16.9. The summed E-state index contributed by atoms with van der Waals surface area (Å²) in [5, 5.41) is 3.26. The number of esters is 1. The van der Waals surface area contributed by atoms with E-state index in [1.54, 1.807) is 30.3 Å². The van der Waals surface area contributed by atoms with E-state index in [-0.39, 0.29) is 40.1 Å². The lowest BCUT2D eigenvalue weighted by Gasteiger charge is -2.40. The van der Waals surface area contributed by atoms with E-state index in [0.717, 1.165) is 12.8 Å². The number of ether oxygens (including phenoxy) is 2. The van der Waals surface area contributed by atoms with Crippen LogP contribution in [0.1, 0.15) is 70.8 Å². The molecule has 2 aromatic carbocycles. The van der Waals surface area contributed by atoms with Gasteiger partial charge in [0.1, 0.15) is 17.1 Å². The van der Waals surface area contributed by atoms with E-state index in [2.05, 4.69) is 5.32 Å². The Kier molecular flexibility index (Phi) is 5.49. The van der Waals surface area contributed by atoms with Crippen molar-refractivity contribution in [1.82, 2.24) is 5.32 Å². The van der Waals surface area contributed by atoms with Gasteiger partial charge in [0, 0.05) is 17.5 Å². The Bertz CT molecular complexity index is 957. The fourth-order valence-electron chi connectivity index (χ4n) is 4.53. The molecule has 1 aliphatic carbocycles. The van der Waals surface area contributed by atoms with Crippen LogP contribution in [0, 0.1) is 6.92 Å². The summed E-state index contributed by atoms with van der Waals surface area (Å²) in [6.45, 7) is 4.31. The highest BCUT2D eigenvalue weighted by Crippen LogP contribution is 2.59. The minimum absolute atomic E-state index is 0.126. The molecule has 4 rings (SSSR count). The molecule has 30 heavy (non-hydrogen) atoms. The molecule has 0 amide bonds. The lowest BCUT2D eigenvalue weighted by molar-refractivity contribution is -0.139.